The number of amides is 2. The predicted octanol–water partition coefficient (Wildman–Crippen LogP) is 2.73. The topological polar surface area (TPSA) is 106 Å². The van der Waals surface area contributed by atoms with Gasteiger partial charge in [-0.2, -0.15) is 0 Å². The molecule has 0 saturated heterocycles. The van der Waals surface area contributed by atoms with Gasteiger partial charge in [-0.3, -0.25) is 14.8 Å². The number of fused-ring (bicyclic) bond motifs is 1. The zero-order valence-corrected chi connectivity index (χ0v) is 14.8. The van der Waals surface area contributed by atoms with E-state index in [4.69, 9.17) is 5.21 Å². The van der Waals surface area contributed by atoms with E-state index in [1.54, 1.807) is 18.6 Å². The van der Waals surface area contributed by atoms with E-state index >= 15 is 0 Å². The van der Waals surface area contributed by atoms with E-state index in [1.165, 1.54) is 4.90 Å². The van der Waals surface area contributed by atoms with Gasteiger partial charge >= 0.3 is 0 Å². The molecule has 4 N–H and O–H groups in total. The summed E-state index contributed by atoms with van der Waals surface area (Å²) in [6.07, 6.45) is 3.74. The van der Waals surface area contributed by atoms with Crippen molar-refractivity contribution in [3.63, 3.8) is 0 Å². The highest BCUT2D eigenvalue weighted by Crippen LogP contribution is 2.37. The Morgan fingerprint density at radius 2 is 2.12 bits per heavy atom. The Labute approximate surface area is 151 Å². The van der Waals surface area contributed by atoms with Gasteiger partial charge in [0.05, 0.1) is 6.04 Å². The third-order valence-corrected chi connectivity index (χ3v) is 4.99. The molecular formula is C19H23N3O4. The second kappa shape index (κ2) is 7.21. The summed E-state index contributed by atoms with van der Waals surface area (Å²) in [6.45, 7) is 3.76. The molecule has 1 aliphatic rings. The van der Waals surface area contributed by atoms with Crippen molar-refractivity contribution in [1.29, 1.82) is 0 Å². The average Bonchev–Trinajstić information content (AvgIpc) is 3.16. The lowest BCUT2D eigenvalue weighted by atomic mass is 9.98. The molecule has 0 saturated carbocycles. The number of carbonyl (C=O) groups is 2. The third-order valence-electron chi connectivity index (χ3n) is 4.99. The number of benzene rings is 1. The van der Waals surface area contributed by atoms with Gasteiger partial charge in [0.1, 0.15) is 6.04 Å². The van der Waals surface area contributed by atoms with Crippen molar-refractivity contribution < 1.29 is 19.9 Å². The number of hydrogen-bond acceptors (Lipinski definition) is 4. The first-order chi connectivity index (χ1) is 12.5. The minimum atomic E-state index is -0.840. The van der Waals surface area contributed by atoms with Crippen molar-refractivity contribution in [1.82, 2.24) is 15.4 Å². The number of nitrogens with zero attached hydrogens (tertiary/aromatic N) is 1. The number of unbranched alkanes of at least 4 members (excludes halogenated alkanes) is 1. The molecule has 1 aliphatic heterocycles. The lowest BCUT2D eigenvalue weighted by Crippen LogP contribution is -2.50. The second-order valence-electron chi connectivity index (χ2n) is 6.53. The summed E-state index contributed by atoms with van der Waals surface area (Å²) in [5, 5.41) is 20.5. The van der Waals surface area contributed by atoms with Crippen LogP contribution in [-0.4, -0.2) is 44.1 Å². The Bertz CT molecular complexity index is 871. The fraction of sp³-hybridized carbons (Fsp3) is 0.368. The Morgan fingerprint density at radius 3 is 2.81 bits per heavy atom. The Kier molecular flexibility index (Phi) is 4.99. The van der Waals surface area contributed by atoms with Crippen LogP contribution in [0.2, 0.25) is 0 Å². The van der Waals surface area contributed by atoms with E-state index in [9.17, 15) is 14.7 Å². The maximum atomic E-state index is 12.7. The van der Waals surface area contributed by atoms with Crippen LogP contribution in [0.3, 0.4) is 0 Å². The van der Waals surface area contributed by atoms with Crippen LogP contribution in [0.15, 0.2) is 36.2 Å². The molecule has 1 aromatic carbocycles. The monoisotopic (exact) mass is 357 g/mol. The second-order valence-corrected chi connectivity index (χ2v) is 6.53. The molecule has 0 aliphatic carbocycles. The van der Waals surface area contributed by atoms with Gasteiger partial charge in [-0.05, 0) is 19.4 Å². The number of hydrogen-bond donors (Lipinski definition) is 4. The van der Waals surface area contributed by atoms with Crippen LogP contribution in [0.5, 0.6) is 0 Å². The molecule has 3 rings (SSSR count). The Hall–Kier alpha value is -2.80. The summed E-state index contributed by atoms with van der Waals surface area (Å²) in [4.78, 5) is 29.4. The van der Waals surface area contributed by atoms with Gasteiger partial charge < -0.3 is 15.0 Å². The molecule has 138 valence electrons. The zero-order valence-electron chi connectivity index (χ0n) is 14.8. The van der Waals surface area contributed by atoms with Crippen molar-refractivity contribution in [3.8, 4) is 0 Å². The Balaban J connectivity index is 2.01. The number of aliphatic hydroxyl groups is 1. The molecule has 0 fully saturated rings. The van der Waals surface area contributed by atoms with Crippen molar-refractivity contribution in [3.05, 3.63) is 41.8 Å². The highest BCUT2D eigenvalue weighted by molar-refractivity contribution is 6.09. The maximum absolute atomic E-state index is 12.7. The Morgan fingerprint density at radius 1 is 1.38 bits per heavy atom. The summed E-state index contributed by atoms with van der Waals surface area (Å²) < 4.78 is 0. The maximum Gasteiger partial charge on any atom is 0.290 e. The minimum absolute atomic E-state index is 0.352. The van der Waals surface area contributed by atoms with E-state index in [0.29, 0.717) is 12.0 Å². The van der Waals surface area contributed by atoms with Crippen molar-refractivity contribution >= 4 is 28.3 Å². The van der Waals surface area contributed by atoms with Gasteiger partial charge in [0.25, 0.3) is 11.8 Å². The van der Waals surface area contributed by atoms with Gasteiger partial charge in [0.2, 0.25) is 0 Å². The molecule has 2 unspecified atom stereocenters. The first kappa shape index (κ1) is 18.0. The number of rotatable bonds is 6. The number of H-pyrrole nitrogens is 1. The summed E-state index contributed by atoms with van der Waals surface area (Å²) in [5.41, 5.74) is 3.77. The molecule has 2 heterocycles. The third kappa shape index (κ3) is 2.84. The average molecular weight is 357 g/mol. The quantitative estimate of drug-likeness (QED) is 0.471. The molecule has 1 aromatic heterocycles. The number of carbonyl (C=O) groups excluding carboxylic acids is 2. The molecule has 2 aromatic rings. The number of hydroxylamine groups is 1. The van der Waals surface area contributed by atoms with Gasteiger partial charge in [-0.25, -0.2) is 5.48 Å². The van der Waals surface area contributed by atoms with Gasteiger partial charge in [-0.1, -0.05) is 38.0 Å². The van der Waals surface area contributed by atoms with Crippen LogP contribution >= 0.6 is 0 Å². The fourth-order valence-corrected chi connectivity index (χ4v) is 3.68. The molecule has 2 amide bonds. The SMILES string of the molecule is CCCCC(C(=O)NO)N1C(=O)C(O)=C(c2c[nH]c3ccccc23)C1C. The van der Waals surface area contributed by atoms with Crippen LogP contribution in [0, 0.1) is 0 Å². The number of aromatic nitrogens is 1. The lowest BCUT2D eigenvalue weighted by Gasteiger charge is -2.31. The van der Waals surface area contributed by atoms with E-state index in [0.717, 1.165) is 29.3 Å². The van der Waals surface area contributed by atoms with Crippen LogP contribution in [0.1, 0.15) is 38.7 Å². The van der Waals surface area contributed by atoms with Crippen LogP contribution in [-0.2, 0) is 9.59 Å². The van der Waals surface area contributed by atoms with Crippen molar-refractivity contribution in [2.75, 3.05) is 0 Å². The highest BCUT2D eigenvalue weighted by atomic mass is 16.5. The molecule has 0 bridgehead atoms. The fourth-order valence-electron chi connectivity index (χ4n) is 3.68. The summed E-state index contributed by atoms with van der Waals surface area (Å²) >= 11 is 0. The van der Waals surface area contributed by atoms with Crippen LogP contribution < -0.4 is 5.48 Å². The van der Waals surface area contributed by atoms with Crippen molar-refractivity contribution in [2.24, 2.45) is 0 Å². The molecular weight excluding hydrogens is 334 g/mol. The summed E-state index contributed by atoms with van der Waals surface area (Å²) in [7, 11) is 0. The molecule has 7 nitrogen and oxygen atoms in total. The number of nitrogens with one attached hydrogen (secondary N) is 2. The zero-order chi connectivity index (χ0) is 18.8. The number of para-hydroxylation sites is 1. The van der Waals surface area contributed by atoms with Gasteiger partial charge in [-0.15, -0.1) is 0 Å². The highest BCUT2D eigenvalue weighted by Gasteiger charge is 2.43. The van der Waals surface area contributed by atoms with E-state index in [2.05, 4.69) is 4.98 Å². The summed E-state index contributed by atoms with van der Waals surface area (Å²) in [5.74, 6) is -1.59. The van der Waals surface area contributed by atoms with E-state index < -0.39 is 23.9 Å². The van der Waals surface area contributed by atoms with Crippen LogP contribution in [0.25, 0.3) is 16.5 Å². The van der Waals surface area contributed by atoms with Crippen molar-refractivity contribution in [2.45, 2.75) is 45.2 Å². The molecule has 7 heteroatoms. The number of aliphatic hydroxyl groups excluding tert-OH is 1. The van der Waals surface area contributed by atoms with Gasteiger partial charge in [0, 0.05) is 28.2 Å². The van der Waals surface area contributed by atoms with E-state index in [-0.39, 0.29) is 5.76 Å². The smallest absolute Gasteiger partial charge is 0.290 e. The largest absolute Gasteiger partial charge is 0.503 e. The summed E-state index contributed by atoms with van der Waals surface area (Å²) in [6, 6.07) is 6.28. The van der Waals surface area contributed by atoms with E-state index in [1.807, 2.05) is 31.2 Å². The predicted molar refractivity (Wildman–Crippen MR) is 97.4 cm³/mol. The first-order valence-electron chi connectivity index (χ1n) is 8.77. The first-order valence-corrected chi connectivity index (χ1v) is 8.77. The standard InChI is InChI=1S/C19H23N3O4/c1-3-4-9-15(18(24)21-26)22-11(2)16(17(23)19(22)25)13-10-20-14-8-6-5-7-12(13)14/h5-8,10-11,15,20,23,26H,3-4,9H2,1-2H3,(H,21,24). The molecule has 0 spiro atoms. The minimum Gasteiger partial charge on any atom is -0.503 e. The van der Waals surface area contributed by atoms with Crippen LogP contribution in [0.4, 0.5) is 0 Å². The lowest BCUT2D eigenvalue weighted by molar-refractivity contribution is -0.143. The molecule has 0 radical (unpaired) electrons. The van der Waals surface area contributed by atoms with Gasteiger partial charge in [0.15, 0.2) is 5.76 Å². The normalized spacial score (nSPS) is 18.7. The molecule has 26 heavy (non-hydrogen) atoms. The molecule has 2 atom stereocenters. The number of aromatic amines is 1.